The number of aromatic nitrogens is 2. The average Bonchev–Trinajstić information content (AvgIpc) is 2.67. The molecule has 1 aromatic heterocycles. The van der Waals surface area contributed by atoms with Crippen LogP contribution in [-0.4, -0.2) is 27.7 Å². The molecule has 4 heteroatoms. The highest BCUT2D eigenvalue weighted by Crippen LogP contribution is 2.34. The fourth-order valence-corrected chi connectivity index (χ4v) is 3.77. The van der Waals surface area contributed by atoms with Crippen LogP contribution >= 0.6 is 0 Å². The number of rotatable bonds is 3. The highest BCUT2D eigenvalue weighted by molar-refractivity contribution is 5.91. The van der Waals surface area contributed by atoms with Gasteiger partial charge in [0.15, 0.2) is 5.82 Å². The molecule has 2 heterocycles. The molecule has 25 heavy (non-hydrogen) atoms. The van der Waals surface area contributed by atoms with Crippen LogP contribution in [0.2, 0.25) is 0 Å². The van der Waals surface area contributed by atoms with Crippen LogP contribution in [0.5, 0.6) is 5.75 Å². The molecule has 3 aromatic rings. The molecule has 0 spiro atoms. The molecule has 4 rings (SSSR count). The van der Waals surface area contributed by atoms with Gasteiger partial charge in [-0.15, -0.1) is 0 Å². The molecule has 2 aromatic carbocycles. The van der Waals surface area contributed by atoms with Gasteiger partial charge in [0.2, 0.25) is 0 Å². The Morgan fingerprint density at radius 2 is 1.84 bits per heavy atom. The van der Waals surface area contributed by atoms with Gasteiger partial charge < -0.3 is 10.0 Å². The third kappa shape index (κ3) is 2.93. The standard InChI is InChI=1S/C21H23N3O/c1-2-15-9-7-8-14-24(15)21-16-10-3-5-12-18(16)22-20(23-21)17-11-4-6-13-19(17)25/h3-6,10-13,15,25H,2,7-9,14H2,1H3. The molecule has 1 saturated heterocycles. The molecule has 0 amide bonds. The lowest BCUT2D eigenvalue weighted by Crippen LogP contribution is -2.39. The Labute approximate surface area is 148 Å². The van der Waals surface area contributed by atoms with Crippen molar-refractivity contribution in [3.05, 3.63) is 48.5 Å². The molecule has 0 bridgehead atoms. The molecule has 1 fully saturated rings. The van der Waals surface area contributed by atoms with E-state index >= 15 is 0 Å². The van der Waals surface area contributed by atoms with Crippen LogP contribution in [0.1, 0.15) is 32.6 Å². The Morgan fingerprint density at radius 3 is 2.68 bits per heavy atom. The highest BCUT2D eigenvalue weighted by Gasteiger charge is 2.25. The van der Waals surface area contributed by atoms with E-state index in [2.05, 4.69) is 17.9 Å². The van der Waals surface area contributed by atoms with Gasteiger partial charge in [-0.3, -0.25) is 0 Å². The summed E-state index contributed by atoms with van der Waals surface area (Å²) < 4.78 is 0. The minimum Gasteiger partial charge on any atom is -0.507 e. The van der Waals surface area contributed by atoms with Crippen molar-refractivity contribution in [2.24, 2.45) is 0 Å². The van der Waals surface area contributed by atoms with Crippen molar-refractivity contribution in [3.8, 4) is 17.1 Å². The smallest absolute Gasteiger partial charge is 0.165 e. The summed E-state index contributed by atoms with van der Waals surface area (Å²) in [5, 5.41) is 11.3. The van der Waals surface area contributed by atoms with Crippen LogP contribution < -0.4 is 4.90 Å². The first-order valence-corrected chi connectivity index (χ1v) is 9.09. The lowest BCUT2D eigenvalue weighted by molar-refractivity contribution is 0.448. The van der Waals surface area contributed by atoms with Gasteiger partial charge >= 0.3 is 0 Å². The second-order valence-corrected chi connectivity index (χ2v) is 6.66. The van der Waals surface area contributed by atoms with Crippen molar-refractivity contribution in [2.75, 3.05) is 11.4 Å². The summed E-state index contributed by atoms with van der Waals surface area (Å²) in [4.78, 5) is 12.1. The topological polar surface area (TPSA) is 49.2 Å². The van der Waals surface area contributed by atoms with Crippen molar-refractivity contribution in [1.29, 1.82) is 0 Å². The second kappa shape index (κ2) is 6.71. The summed E-state index contributed by atoms with van der Waals surface area (Å²) in [5.41, 5.74) is 1.60. The Bertz CT molecular complexity index is 893. The maximum atomic E-state index is 10.2. The number of benzene rings is 2. The number of piperidine rings is 1. The van der Waals surface area contributed by atoms with E-state index in [9.17, 15) is 5.11 Å². The molecular formula is C21H23N3O. The Hall–Kier alpha value is -2.62. The van der Waals surface area contributed by atoms with Crippen molar-refractivity contribution >= 4 is 16.7 Å². The number of aromatic hydroxyl groups is 1. The van der Waals surface area contributed by atoms with E-state index in [0.29, 0.717) is 17.4 Å². The van der Waals surface area contributed by atoms with E-state index in [1.54, 1.807) is 6.07 Å². The summed E-state index contributed by atoms with van der Waals surface area (Å²) in [5.74, 6) is 1.80. The number of hydrogen-bond acceptors (Lipinski definition) is 4. The second-order valence-electron chi connectivity index (χ2n) is 6.66. The molecular weight excluding hydrogens is 310 g/mol. The van der Waals surface area contributed by atoms with Gasteiger partial charge in [0.1, 0.15) is 11.6 Å². The number of para-hydroxylation sites is 2. The quantitative estimate of drug-likeness (QED) is 0.750. The molecule has 1 N–H and O–H groups in total. The van der Waals surface area contributed by atoms with Crippen LogP contribution in [0.4, 0.5) is 5.82 Å². The summed E-state index contributed by atoms with van der Waals surface area (Å²) in [6.45, 7) is 3.27. The van der Waals surface area contributed by atoms with Gasteiger partial charge in [-0.2, -0.15) is 0 Å². The Morgan fingerprint density at radius 1 is 1.04 bits per heavy atom. The van der Waals surface area contributed by atoms with E-state index in [1.807, 2.05) is 36.4 Å². The number of phenolic OH excluding ortho intramolecular Hbond substituents is 1. The van der Waals surface area contributed by atoms with Crippen molar-refractivity contribution in [1.82, 2.24) is 9.97 Å². The fraction of sp³-hybridized carbons (Fsp3) is 0.333. The van der Waals surface area contributed by atoms with E-state index in [4.69, 9.17) is 9.97 Å². The molecule has 0 saturated carbocycles. The molecule has 0 radical (unpaired) electrons. The Balaban J connectivity index is 1.92. The first kappa shape index (κ1) is 15.9. The van der Waals surface area contributed by atoms with Crippen molar-refractivity contribution in [3.63, 3.8) is 0 Å². The maximum Gasteiger partial charge on any atom is 0.165 e. The monoisotopic (exact) mass is 333 g/mol. The van der Waals surface area contributed by atoms with E-state index in [-0.39, 0.29) is 5.75 Å². The molecule has 0 aliphatic carbocycles. The predicted octanol–water partition coefficient (Wildman–Crippen LogP) is 4.77. The average molecular weight is 333 g/mol. The molecule has 1 atom stereocenters. The molecule has 1 aliphatic heterocycles. The van der Waals surface area contributed by atoms with Gasteiger partial charge in [-0.05, 0) is 49.9 Å². The van der Waals surface area contributed by atoms with Gasteiger partial charge in [0.25, 0.3) is 0 Å². The molecule has 1 unspecified atom stereocenters. The first-order valence-electron chi connectivity index (χ1n) is 9.09. The lowest BCUT2D eigenvalue weighted by Gasteiger charge is -2.37. The SMILES string of the molecule is CCC1CCCCN1c1nc(-c2ccccc2O)nc2ccccc12. The zero-order chi connectivity index (χ0) is 17.2. The number of anilines is 1. The molecule has 128 valence electrons. The minimum atomic E-state index is 0.217. The molecule has 1 aliphatic rings. The Kier molecular flexibility index (Phi) is 4.26. The number of nitrogens with zero attached hydrogens (tertiary/aromatic N) is 3. The van der Waals surface area contributed by atoms with Crippen molar-refractivity contribution in [2.45, 2.75) is 38.6 Å². The largest absolute Gasteiger partial charge is 0.507 e. The normalized spacial score (nSPS) is 17.8. The summed E-state index contributed by atoms with van der Waals surface area (Å²) in [6.07, 6.45) is 4.80. The maximum absolute atomic E-state index is 10.2. The van der Waals surface area contributed by atoms with Gasteiger partial charge in [-0.25, -0.2) is 9.97 Å². The van der Waals surface area contributed by atoms with Crippen molar-refractivity contribution < 1.29 is 5.11 Å². The summed E-state index contributed by atoms with van der Waals surface area (Å²) in [6, 6.07) is 16.0. The number of fused-ring (bicyclic) bond motifs is 1. The number of hydrogen-bond donors (Lipinski definition) is 1. The van der Waals surface area contributed by atoms with E-state index in [0.717, 1.165) is 29.7 Å². The van der Waals surface area contributed by atoms with Crippen LogP contribution in [0.25, 0.3) is 22.3 Å². The lowest BCUT2D eigenvalue weighted by atomic mass is 9.99. The highest BCUT2D eigenvalue weighted by atomic mass is 16.3. The number of phenols is 1. The minimum absolute atomic E-state index is 0.217. The van der Waals surface area contributed by atoms with Crippen LogP contribution in [-0.2, 0) is 0 Å². The zero-order valence-corrected chi connectivity index (χ0v) is 14.5. The van der Waals surface area contributed by atoms with E-state index in [1.165, 1.54) is 19.3 Å². The van der Waals surface area contributed by atoms with Gasteiger partial charge in [0.05, 0.1) is 11.1 Å². The summed E-state index contributed by atoms with van der Waals surface area (Å²) >= 11 is 0. The third-order valence-corrected chi connectivity index (χ3v) is 5.10. The van der Waals surface area contributed by atoms with E-state index < -0.39 is 0 Å². The van der Waals surface area contributed by atoms with Crippen LogP contribution in [0.3, 0.4) is 0 Å². The van der Waals surface area contributed by atoms with Crippen LogP contribution in [0, 0.1) is 0 Å². The van der Waals surface area contributed by atoms with Gasteiger partial charge in [-0.1, -0.05) is 31.2 Å². The zero-order valence-electron chi connectivity index (χ0n) is 14.5. The fourth-order valence-electron chi connectivity index (χ4n) is 3.77. The summed E-state index contributed by atoms with van der Waals surface area (Å²) in [7, 11) is 0. The predicted molar refractivity (Wildman–Crippen MR) is 102 cm³/mol. The third-order valence-electron chi connectivity index (χ3n) is 5.10. The van der Waals surface area contributed by atoms with Gasteiger partial charge in [0, 0.05) is 18.0 Å². The first-order chi connectivity index (χ1) is 12.3. The van der Waals surface area contributed by atoms with Crippen LogP contribution in [0.15, 0.2) is 48.5 Å². The molecule has 4 nitrogen and oxygen atoms in total.